The fourth-order valence-electron chi connectivity index (χ4n) is 2.85. The second-order valence-electron chi connectivity index (χ2n) is 5.88. The summed E-state index contributed by atoms with van der Waals surface area (Å²) in [7, 11) is 0. The van der Waals surface area contributed by atoms with Gasteiger partial charge in [0.1, 0.15) is 11.5 Å². The first-order valence-corrected chi connectivity index (χ1v) is 8.24. The van der Waals surface area contributed by atoms with Crippen molar-refractivity contribution < 1.29 is 9.53 Å². The molecular weight excluding hydrogens is 324 g/mol. The van der Waals surface area contributed by atoms with Gasteiger partial charge in [-0.2, -0.15) is 0 Å². The van der Waals surface area contributed by atoms with Gasteiger partial charge in [-0.3, -0.25) is 4.79 Å². The number of pyridine rings is 1. The zero-order valence-corrected chi connectivity index (χ0v) is 13.9. The van der Waals surface area contributed by atoms with Gasteiger partial charge in [0.2, 0.25) is 5.91 Å². The fourth-order valence-corrected chi connectivity index (χ4v) is 2.85. The van der Waals surface area contributed by atoms with Crippen molar-refractivity contribution in [3.8, 4) is 22.8 Å². The van der Waals surface area contributed by atoms with Crippen LogP contribution in [0.5, 0.6) is 11.5 Å². The smallest absolute Gasteiger partial charge is 0.249 e. The number of rotatable bonds is 4. The quantitative estimate of drug-likeness (QED) is 0.581. The molecule has 0 aliphatic rings. The van der Waals surface area contributed by atoms with E-state index in [-0.39, 0.29) is 0 Å². The topological polar surface area (TPSA) is 65.2 Å². The van der Waals surface area contributed by atoms with Gasteiger partial charge < -0.3 is 10.5 Å². The number of benzene rings is 3. The highest BCUT2D eigenvalue weighted by molar-refractivity contribution is 6.06. The molecule has 4 nitrogen and oxygen atoms in total. The Morgan fingerprint density at radius 2 is 1.46 bits per heavy atom. The van der Waals surface area contributed by atoms with Gasteiger partial charge in [-0.25, -0.2) is 4.98 Å². The third kappa shape index (κ3) is 3.13. The number of nitrogens with zero attached hydrogens (tertiary/aromatic N) is 1. The van der Waals surface area contributed by atoms with E-state index in [4.69, 9.17) is 10.5 Å². The first kappa shape index (κ1) is 15.8. The van der Waals surface area contributed by atoms with Gasteiger partial charge in [0.05, 0.1) is 16.8 Å². The summed E-state index contributed by atoms with van der Waals surface area (Å²) in [5.41, 5.74) is 8.34. The third-order valence-corrected chi connectivity index (χ3v) is 4.11. The van der Waals surface area contributed by atoms with E-state index in [9.17, 15) is 4.79 Å². The molecule has 0 aliphatic heterocycles. The lowest BCUT2D eigenvalue weighted by Gasteiger charge is -2.09. The minimum atomic E-state index is -0.464. The van der Waals surface area contributed by atoms with Crippen molar-refractivity contribution in [3.05, 3.63) is 90.5 Å². The number of amides is 1. The lowest BCUT2D eigenvalue weighted by atomic mass is 10.0. The Morgan fingerprint density at radius 1 is 0.808 bits per heavy atom. The molecule has 0 radical (unpaired) electrons. The number of nitrogens with two attached hydrogens (primary N) is 1. The van der Waals surface area contributed by atoms with Crippen molar-refractivity contribution >= 4 is 16.8 Å². The van der Waals surface area contributed by atoms with Gasteiger partial charge in [0, 0.05) is 10.9 Å². The summed E-state index contributed by atoms with van der Waals surface area (Å²) in [6.45, 7) is 0. The number of hydrogen-bond acceptors (Lipinski definition) is 3. The molecule has 1 amide bonds. The van der Waals surface area contributed by atoms with Gasteiger partial charge in [0.15, 0.2) is 0 Å². The Kier molecular flexibility index (Phi) is 4.07. The van der Waals surface area contributed by atoms with E-state index in [2.05, 4.69) is 4.98 Å². The number of aromatic nitrogens is 1. The Balaban J connectivity index is 1.70. The van der Waals surface area contributed by atoms with Crippen molar-refractivity contribution in [2.75, 3.05) is 0 Å². The first-order valence-electron chi connectivity index (χ1n) is 8.24. The molecule has 4 rings (SSSR count). The molecule has 2 N–H and O–H groups in total. The summed E-state index contributed by atoms with van der Waals surface area (Å²) in [6, 6.07) is 26.4. The molecule has 0 bridgehead atoms. The number of carbonyl (C=O) groups excluding carboxylic acids is 1. The van der Waals surface area contributed by atoms with E-state index in [1.807, 2.05) is 78.9 Å². The predicted molar refractivity (Wildman–Crippen MR) is 102 cm³/mol. The van der Waals surface area contributed by atoms with Gasteiger partial charge in [0.25, 0.3) is 0 Å². The summed E-state index contributed by atoms with van der Waals surface area (Å²) < 4.78 is 5.81. The summed E-state index contributed by atoms with van der Waals surface area (Å²) >= 11 is 0. The maximum absolute atomic E-state index is 11.8. The molecule has 0 atom stereocenters. The van der Waals surface area contributed by atoms with Crippen LogP contribution in [0.15, 0.2) is 84.9 Å². The van der Waals surface area contributed by atoms with Crippen molar-refractivity contribution in [1.29, 1.82) is 0 Å². The number of primary amides is 1. The lowest BCUT2D eigenvalue weighted by molar-refractivity contribution is 0.100. The van der Waals surface area contributed by atoms with Crippen LogP contribution in [-0.4, -0.2) is 10.9 Å². The predicted octanol–water partition coefficient (Wildman–Crippen LogP) is 4.79. The third-order valence-electron chi connectivity index (χ3n) is 4.11. The van der Waals surface area contributed by atoms with Crippen molar-refractivity contribution in [3.63, 3.8) is 0 Å². The maximum Gasteiger partial charge on any atom is 0.249 e. The van der Waals surface area contributed by atoms with E-state index in [0.29, 0.717) is 11.3 Å². The van der Waals surface area contributed by atoms with Crippen LogP contribution in [0.3, 0.4) is 0 Å². The van der Waals surface area contributed by atoms with Gasteiger partial charge >= 0.3 is 0 Å². The van der Waals surface area contributed by atoms with E-state index < -0.39 is 5.91 Å². The molecule has 1 heterocycles. The first-order chi connectivity index (χ1) is 12.7. The highest BCUT2D eigenvalue weighted by atomic mass is 16.5. The van der Waals surface area contributed by atoms with E-state index in [1.165, 1.54) is 0 Å². The Labute approximate surface area is 150 Å². The second-order valence-corrected chi connectivity index (χ2v) is 5.88. The Bertz CT molecular complexity index is 1070. The normalized spacial score (nSPS) is 10.6. The minimum absolute atomic E-state index is 0.464. The summed E-state index contributed by atoms with van der Waals surface area (Å²) in [5, 5.41) is 0.757. The fraction of sp³-hybridized carbons (Fsp3) is 0. The minimum Gasteiger partial charge on any atom is -0.457 e. The van der Waals surface area contributed by atoms with E-state index in [0.717, 1.165) is 28.0 Å². The molecular formula is C22H16N2O2. The average molecular weight is 340 g/mol. The van der Waals surface area contributed by atoms with Crippen LogP contribution in [0.1, 0.15) is 10.4 Å². The molecule has 126 valence electrons. The van der Waals surface area contributed by atoms with Crippen LogP contribution < -0.4 is 10.5 Å². The molecule has 26 heavy (non-hydrogen) atoms. The molecule has 1 aromatic heterocycles. The number of hydrogen-bond donors (Lipinski definition) is 1. The number of fused-ring (bicyclic) bond motifs is 1. The standard InChI is InChI=1S/C22H16N2O2/c23-22(25)19-14-21(24-20-9-5-4-8-18(19)20)15-10-12-17(13-11-15)26-16-6-2-1-3-7-16/h1-14H,(H2,23,25). The highest BCUT2D eigenvalue weighted by Crippen LogP contribution is 2.27. The molecule has 0 saturated heterocycles. The molecule has 0 spiro atoms. The van der Waals surface area contributed by atoms with Crippen LogP contribution in [-0.2, 0) is 0 Å². The monoisotopic (exact) mass is 340 g/mol. The largest absolute Gasteiger partial charge is 0.457 e. The van der Waals surface area contributed by atoms with Crippen molar-refractivity contribution in [2.24, 2.45) is 5.73 Å². The number of ether oxygens (including phenoxy) is 1. The summed E-state index contributed by atoms with van der Waals surface area (Å²) in [5.74, 6) is 1.05. The molecule has 4 aromatic rings. The van der Waals surface area contributed by atoms with Crippen LogP contribution in [0, 0.1) is 0 Å². The van der Waals surface area contributed by atoms with Gasteiger partial charge in [-0.05, 0) is 48.5 Å². The maximum atomic E-state index is 11.8. The van der Waals surface area contributed by atoms with E-state index in [1.54, 1.807) is 6.07 Å². The zero-order chi connectivity index (χ0) is 17.9. The molecule has 0 saturated carbocycles. The highest BCUT2D eigenvalue weighted by Gasteiger charge is 2.11. The summed E-state index contributed by atoms with van der Waals surface area (Å²) in [4.78, 5) is 16.5. The van der Waals surface area contributed by atoms with Crippen LogP contribution in [0.2, 0.25) is 0 Å². The second kappa shape index (κ2) is 6.69. The SMILES string of the molecule is NC(=O)c1cc(-c2ccc(Oc3ccccc3)cc2)nc2ccccc12. The molecule has 0 fully saturated rings. The van der Waals surface area contributed by atoms with Crippen LogP contribution in [0.25, 0.3) is 22.2 Å². The molecule has 0 unspecified atom stereocenters. The molecule has 0 aliphatic carbocycles. The average Bonchev–Trinajstić information content (AvgIpc) is 2.68. The Morgan fingerprint density at radius 3 is 2.19 bits per heavy atom. The molecule has 4 heteroatoms. The molecule has 3 aromatic carbocycles. The van der Waals surface area contributed by atoms with Gasteiger partial charge in [-0.1, -0.05) is 36.4 Å². The van der Waals surface area contributed by atoms with E-state index >= 15 is 0 Å². The van der Waals surface area contributed by atoms with Crippen LogP contribution >= 0.6 is 0 Å². The summed E-state index contributed by atoms with van der Waals surface area (Å²) in [6.07, 6.45) is 0. The number of carbonyl (C=O) groups is 1. The number of para-hydroxylation sites is 2. The van der Waals surface area contributed by atoms with Gasteiger partial charge in [-0.15, -0.1) is 0 Å². The Hall–Kier alpha value is -3.66. The lowest BCUT2D eigenvalue weighted by Crippen LogP contribution is -2.12. The van der Waals surface area contributed by atoms with Crippen molar-refractivity contribution in [1.82, 2.24) is 4.98 Å². The van der Waals surface area contributed by atoms with Crippen LogP contribution in [0.4, 0.5) is 0 Å². The van der Waals surface area contributed by atoms with Crippen molar-refractivity contribution in [2.45, 2.75) is 0 Å². The zero-order valence-electron chi connectivity index (χ0n) is 13.9.